The van der Waals surface area contributed by atoms with Gasteiger partial charge in [-0.3, -0.25) is 9.59 Å². The zero-order valence-corrected chi connectivity index (χ0v) is 15.8. The summed E-state index contributed by atoms with van der Waals surface area (Å²) in [5, 5.41) is 3.05. The van der Waals surface area contributed by atoms with Gasteiger partial charge in [-0.05, 0) is 49.7 Å². The molecular formula is C20H20ClNO5. The summed E-state index contributed by atoms with van der Waals surface area (Å²) in [6.45, 7) is 3.11. The first-order chi connectivity index (χ1) is 12.8. The first-order valence-electron chi connectivity index (χ1n) is 8.35. The Bertz CT molecular complexity index is 817. The van der Waals surface area contributed by atoms with Gasteiger partial charge in [-0.2, -0.15) is 0 Å². The Morgan fingerprint density at radius 2 is 1.70 bits per heavy atom. The van der Waals surface area contributed by atoms with Crippen molar-refractivity contribution in [3.63, 3.8) is 0 Å². The van der Waals surface area contributed by atoms with Crippen LogP contribution in [0.1, 0.15) is 29.8 Å². The number of carbonyl (C=O) groups is 3. The van der Waals surface area contributed by atoms with Crippen LogP contribution in [0.2, 0.25) is 5.02 Å². The number of benzene rings is 2. The third-order valence-electron chi connectivity index (χ3n) is 3.40. The van der Waals surface area contributed by atoms with Gasteiger partial charge in [-0.1, -0.05) is 29.8 Å². The first kappa shape index (κ1) is 20.5. The van der Waals surface area contributed by atoms with Gasteiger partial charge in [0.25, 0.3) is 5.91 Å². The normalized spacial score (nSPS) is 10.4. The zero-order valence-electron chi connectivity index (χ0n) is 15.0. The summed E-state index contributed by atoms with van der Waals surface area (Å²) >= 11 is 5.98. The number of halogens is 1. The van der Waals surface area contributed by atoms with E-state index in [0.717, 1.165) is 0 Å². The number of hydrogen-bond donors (Lipinski definition) is 1. The third-order valence-corrected chi connectivity index (χ3v) is 3.77. The minimum absolute atomic E-state index is 0.0143. The molecule has 2 aromatic rings. The zero-order chi connectivity index (χ0) is 19.8. The van der Waals surface area contributed by atoms with Crippen molar-refractivity contribution < 1.29 is 23.9 Å². The Balaban J connectivity index is 1.81. The Morgan fingerprint density at radius 1 is 1.04 bits per heavy atom. The van der Waals surface area contributed by atoms with E-state index in [-0.39, 0.29) is 12.5 Å². The van der Waals surface area contributed by atoms with Crippen molar-refractivity contribution in [1.82, 2.24) is 0 Å². The molecule has 0 radical (unpaired) electrons. The summed E-state index contributed by atoms with van der Waals surface area (Å²) in [4.78, 5) is 35.5. The monoisotopic (exact) mass is 389 g/mol. The predicted octanol–water partition coefficient (Wildman–Crippen LogP) is 3.63. The molecule has 0 heterocycles. The van der Waals surface area contributed by atoms with Gasteiger partial charge in [-0.25, -0.2) is 4.79 Å². The largest absolute Gasteiger partial charge is 0.459 e. The molecule has 0 aliphatic rings. The molecule has 0 spiro atoms. The van der Waals surface area contributed by atoms with Crippen molar-refractivity contribution in [3.8, 4) is 0 Å². The van der Waals surface area contributed by atoms with E-state index in [1.807, 2.05) is 0 Å². The highest BCUT2D eigenvalue weighted by Gasteiger charge is 2.12. The van der Waals surface area contributed by atoms with Crippen LogP contribution in [0.3, 0.4) is 0 Å². The molecule has 0 unspecified atom stereocenters. The number of anilines is 1. The summed E-state index contributed by atoms with van der Waals surface area (Å²) in [5.41, 5.74) is 1.49. The molecule has 0 aliphatic heterocycles. The molecule has 1 N–H and O–H groups in total. The van der Waals surface area contributed by atoms with Gasteiger partial charge in [0.1, 0.15) is 0 Å². The van der Waals surface area contributed by atoms with Gasteiger partial charge in [-0.15, -0.1) is 0 Å². The van der Waals surface area contributed by atoms with Crippen molar-refractivity contribution in [2.75, 3.05) is 11.9 Å². The summed E-state index contributed by atoms with van der Waals surface area (Å²) in [6.07, 6.45) is -0.225. The van der Waals surface area contributed by atoms with Gasteiger partial charge in [0.05, 0.1) is 18.1 Å². The molecular weight excluding hydrogens is 370 g/mol. The van der Waals surface area contributed by atoms with E-state index in [1.54, 1.807) is 62.4 Å². The van der Waals surface area contributed by atoms with E-state index in [1.165, 1.54) is 0 Å². The van der Waals surface area contributed by atoms with E-state index in [9.17, 15) is 14.4 Å². The van der Waals surface area contributed by atoms with E-state index in [4.69, 9.17) is 21.1 Å². The number of ether oxygens (including phenoxy) is 2. The first-order valence-corrected chi connectivity index (χ1v) is 8.73. The van der Waals surface area contributed by atoms with Crippen molar-refractivity contribution in [3.05, 3.63) is 64.7 Å². The lowest BCUT2D eigenvalue weighted by Crippen LogP contribution is -2.21. The summed E-state index contributed by atoms with van der Waals surface area (Å²) in [5.74, 6) is -1.47. The number of rotatable bonds is 7. The number of hydrogen-bond acceptors (Lipinski definition) is 5. The maximum atomic E-state index is 11.9. The molecule has 0 fully saturated rings. The quantitative estimate of drug-likeness (QED) is 0.731. The average Bonchev–Trinajstić information content (AvgIpc) is 2.62. The van der Waals surface area contributed by atoms with Gasteiger partial charge >= 0.3 is 11.9 Å². The number of carbonyl (C=O) groups excluding carboxylic acids is 3. The number of amides is 1. The number of nitrogens with one attached hydrogen (secondary N) is 1. The molecule has 2 aromatic carbocycles. The van der Waals surface area contributed by atoms with E-state index >= 15 is 0 Å². The molecule has 27 heavy (non-hydrogen) atoms. The second-order valence-corrected chi connectivity index (χ2v) is 6.42. The van der Waals surface area contributed by atoms with Crippen LogP contribution in [-0.4, -0.2) is 30.6 Å². The molecule has 6 nitrogen and oxygen atoms in total. The highest BCUT2D eigenvalue weighted by atomic mass is 35.5. The van der Waals surface area contributed by atoms with Crippen LogP contribution in [-0.2, 0) is 25.5 Å². The van der Waals surface area contributed by atoms with E-state index in [2.05, 4.69) is 5.32 Å². The second kappa shape index (κ2) is 9.73. The lowest BCUT2D eigenvalue weighted by atomic mass is 10.1. The van der Waals surface area contributed by atoms with Crippen LogP contribution >= 0.6 is 11.6 Å². The Morgan fingerprint density at radius 3 is 2.33 bits per heavy atom. The molecule has 1 amide bonds. The molecule has 0 aromatic heterocycles. The maximum Gasteiger partial charge on any atom is 0.338 e. The lowest BCUT2D eigenvalue weighted by Gasteiger charge is -2.09. The van der Waals surface area contributed by atoms with Crippen LogP contribution in [0.25, 0.3) is 0 Å². The second-order valence-electron chi connectivity index (χ2n) is 6.01. The van der Waals surface area contributed by atoms with Crippen molar-refractivity contribution in [1.29, 1.82) is 0 Å². The SMILES string of the molecule is CC(C)OC(=O)c1ccc(NC(=O)COC(=O)Cc2ccccc2Cl)cc1. The van der Waals surface area contributed by atoms with Crippen LogP contribution in [0.15, 0.2) is 48.5 Å². The Labute approximate surface area is 162 Å². The minimum atomic E-state index is -0.551. The van der Waals surface area contributed by atoms with Gasteiger partial charge in [0.2, 0.25) is 0 Å². The molecule has 0 atom stereocenters. The average molecular weight is 390 g/mol. The molecule has 0 bridgehead atoms. The summed E-state index contributed by atoms with van der Waals surface area (Å²) in [6, 6.07) is 13.2. The molecule has 0 aliphatic carbocycles. The maximum absolute atomic E-state index is 11.9. The van der Waals surface area contributed by atoms with Crippen molar-refractivity contribution in [2.24, 2.45) is 0 Å². The van der Waals surface area contributed by atoms with Gasteiger partial charge < -0.3 is 14.8 Å². The Kier molecular flexibility index (Phi) is 7.37. The molecule has 2 rings (SSSR count). The van der Waals surface area contributed by atoms with E-state index < -0.39 is 24.5 Å². The molecule has 0 saturated carbocycles. The topological polar surface area (TPSA) is 81.7 Å². The standard InChI is InChI=1S/C20H20ClNO5/c1-13(2)27-20(25)14-7-9-16(10-8-14)22-18(23)12-26-19(24)11-15-5-3-4-6-17(15)21/h3-10,13H,11-12H2,1-2H3,(H,22,23). The summed E-state index contributed by atoms with van der Waals surface area (Å²) < 4.78 is 10.0. The molecule has 7 heteroatoms. The highest BCUT2D eigenvalue weighted by molar-refractivity contribution is 6.31. The van der Waals surface area contributed by atoms with Crippen molar-refractivity contribution >= 4 is 35.1 Å². The summed E-state index contributed by atoms with van der Waals surface area (Å²) in [7, 11) is 0. The fraction of sp³-hybridized carbons (Fsp3) is 0.250. The fourth-order valence-corrected chi connectivity index (χ4v) is 2.37. The van der Waals surface area contributed by atoms with Crippen LogP contribution in [0.4, 0.5) is 5.69 Å². The third kappa shape index (κ3) is 6.75. The van der Waals surface area contributed by atoms with Crippen LogP contribution < -0.4 is 5.32 Å². The van der Waals surface area contributed by atoms with E-state index in [0.29, 0.717) is 21.8 Å². The van der Waals surface area contributed by atoms with Gasteiger partial charge in [0, 0.05) is 10.7 Å². The van der Waals surface area contributed by atoms with Crippen LogP contribution in [0, 0.1) is 0 Å². The van der Waals surface area contributed by atoms with Gasteiger partial charge in [0.15, 0.2) is 6.61 Å². The van der Waals surface area contributed by atoms with Crippen molar-refractivity contribution in [2.45, 2.75) is 26.4 Å². The Hall–Kier alpha value is -2.86. The lowest BCUT2D eigenvalue weighted by molar-refractivity contribution is -0.146. The fourth-order valence-electron chi connectivity index (χ4n) is 2.16. The molecule has 0 saturated heterocycles. The smallest absolute Gasteiger partial charge is 0.338 e. The minimum Gasteiger partial charge on any atom is -0.459 e. The number of esters is 2. The highest BCUT2D eigenvalue weighted by Crippen LogP contribution is 2.16. The molecule has 142 valence electrons. The predicted molar refractivity (Wildman–Crippen MR) is 102 cm³/mol. The van der Waals surface area contributed by atoms with Crippen LogP contribution in [0.5, 0.6) is 0 Å².